The molecule has 1 aliphatic carbocycles. The lowest BCUT2D eigenvalue weighted by atomic mass is 9.94. The van der Waals surface area contributed by atoms with E-state index in [-0.39, 0.29) is 11.7 Å². The van der Waals surface area contributed by atoms with E-state index in [1.807, 2.05) is 6.92 Å². The molecule has 34 heavy (non-hydrogen) atoms. The van der Waals surface area contributed by atoms with Crippen LogP contribution in [0.5, 0.6) is 17.4 Å². The SMILES string of the molecule is CON=C(C)CC1CC(OC)=C(c2cc(Oc3cnc4cc(Cl)ccc4n3)ccc2OC)C1=O. The highest BCUT2D eigenvalue weighted by Crippen LogP contribution is 2.42. The third kappa shape index (κ3) is 4.82. The molecule has 8 nitrogen and oxygen atoms in total. The highest BCUT2D eigenvalue weighted by molar-refractivity contribution is 6.31. The van der Waals surface area contributed by atoms with Gasteiger partial charge in [-0.1, -0.05) is 16.8 Å². The zero-order valence-electron chi connectivity index (χ0n) is 19.3. The molecule has 0 saturated carbocycles. The topological polar surface area (TPSA) is 92.1 Å². The van der Waals surface area contributed by atoms with Gasteiger partial charge in [-0.3, -0.25) is 4.79 Å². The summed E-state index contributed by atoms with van der Waals surface area (Å²) in [5.74, 6) is 1.59. The fourth-order valence-electron chi connectivity index (χ4n) is 4.03. The van der Waals surface area contributed by atoms with Crippen LogP contribution in [0.4, 0.5) is 0 Å². The summed E-state index contributed by atoms with van der Waals surface area (Å²) in [6.07, 6.45) is 2.46. The number of nitrogens with zero attached hydrogens (tertiary/aromatic N) is 3. The Morgan fingerprint density at radius 2 is 1.94 bits per heavy atom. The quantitative estimate of drug-likeness (QED) is 0.312. The number of hydrogen-bond acceptors (Lipinski definition) is 8. The summed E-state index contributed by atoms with van der Waals surface area (Å²) in [4.78, 5) is 27.0. The van der Waals surface area contributed by atoms with E-state index in [4.69, 9.17) is 30.6 Å². The highest BCUT2D eigenvalue weighted by Gasteiger charge is 2.36. The van der Waals surface area contributed by atoms with Gasteiger partial charge in [-0.2, -0.15) is 0 Å². The number of carbonyl (C=O) groups is 1. The second kappa shape index (κ2) is 10.1. The van der Waals surface area contributed by atoms with Gasteiger partial charge in [0.25, 0.3) is 0 Å². The molecule has 0 fully saturated rings. The van der Waals surface area contributed by atoms with Gasteiger partial charge in [0, 0.05) is 22.9 Å². The van der Waals surface area contributed by atoms with E-state index in [2.05, 4.69) is 15.1 Å². The van der Waals surface area contributed by atoms with E-state index >= 15 is 0 Å². The van der Waals surface area contributed by atoms with Gasteiger partial charge in [0.2, 0.25) is 5.88 Å². The van der Waals surface area contributed by atoms with E-state index in [0.717, 1.165) is 5.71 Å². The fourth-order valence-corrected chi connectivity index (χ4v) is 4.19. The summed E-state index contributed by atoms with van der Waals surface area (Å²) in [7, 11) is 4.60. The summed E-state index contributed by atoms with van der Waals surface area (Å²) in [5.41, 5.74) is 3.12. The Labute approximate surface area is 202 Å². The molecule has 9 heteroatoms. The van der Waals surface area contributed by atoms with Crippen LogP contribution in [-0.4, -0.2) is 42.8 Å². The largest absolute Gasteiger partial charge is 0.500 e. The minimum atomic E-state index is -0.295. The molecule has 1 unspecified atom stereocenters. The molecule has 0 aliphatic heterocycles. The maximum atomic E-state index is 13.4. The standard InChI is InChI=1S/C25H24ClN3O5/c1-14(29-33-4)9-15-10-22(32-3)24(25(15)30)18-12-17(6-8-21(18)31-2)34-23-13-27-20-11-16(26)5-7-19(20)28-23/h5-8,11-13,15H,9-10H2,1-4H3. The van der Waals surface area contributed by atoms with Crippen molar-refractivity contribution >= 4 is 39.7 Å². The summed E-state index contributed by atoms with van der Waals surface area (Å²) in [5, 5.41) is 4.52. The maximum Gasteiger partial charge on any atom is 0.238 e. The molecule has 1 aliphatic rings. The number of allylic oxidation sites excluding steroid dienone is 2. The predicted octanol–water partition coefficient (Wildman–Crippen LogP) is 5.44. The second-order valence-corrected chi connectivity index (χ2v) is 8.22. The minimum Gasteiger partial charge on any atom is -0.500 e. The second-order valence-electron chi connectivity index (χ2n) is 7.79. The van der Waals surface area contributed by atoms with Gasteiger partial charge in [-0.15, -0.1) is 0 Å². The van der Waals surface area contributed by atoms with E-state index < -0.39 is 0 Å². The Morgan fingerprint density at radius 1 is 1.12 bits per heavy atom. The van der Waals surface area contributed by atoms with E-state index in [1.165, 1.54) is 13.3 Å². The zero-order chi connectivity index (χ0) is 24.2. The molecule has 1 atom stereocenters. The Balaban J connectivity index is 1.66. The number of benzene rings is 2. The number of Topliss-reactive ketones (excluding diaryl/α,β-unsaturated/α-hetero) is 1. The van der Waals surface area contributed by atoms with Crippen molar-refractivity contribution in [2.24, 2.45) is 11.1 Å². The predicted molar refractivity (Wildman–Crippen MR) is 129 cm³/mol. The van der Waals surface area contributed by atoms with Crippen LogP contribution in [0.1, 0.15) is 25.3 Å². The number of fused-ring (bicyclic) bond motifs is 1. The fraction of sp³-hybridized carbons (Fsp3) is 0.280. The molecule has 0 spiro atoms. The molecule has 176 valence electrons. The van der Waals surface area contributed by atoms with Crippen molar-refractivity contribution in [1.29, 1.82) is 0 Å². The highest BCUT2D eigenvalue weighted by atomic mass is 35.5. The first-order valence-corrected chi connectivity index (χ1v) is 11.0. The van der Waals surface area contributed by atoms with Gasteiger partial charge in [0.15, 0.2) is 5.78 Å². The zero-order valence-corrected chi connectivity index (χ0v) is 20.0. The molecule has 0 saturated heterocycles. The van der Waals surface area contributed by atoms with Gasteiger partial charge < -0.3 is 19.0 Å². The first-order chi connectivity index (χ1) is 16.4. The van der Waals surface area contributed by atoms with E-state index in [1.54, 1.807) is 50.6 Å². The summed E-state index contributed by atoms with van der Waals surface area (Å²) >= 11 is 6.02. The van der Waals surface area contributed by atoms with Crippen molar-refractivity contribution in [2.75, 3.05) is 21.3 Å². The first kappa shape index (κ1) is 23.5. The number of aromatic nitrogens is 2. The molecule has 4 rings (SSSR count). The van der Waals surface area contributed by atoms with E-state index in [9.17, 15) is 4.79 Å². The number of carbonyl (C=O) groups excluding carboxylic acids is 1. The van der Waals surface area contributed by atoms with Crippen LogP contribution in [0.2, 0.25) is 5.02 Å². The first-order valence-electron chi connectivity index (χ1n) is 10.6. The summed E-state index contributed by atoms with van der Waals surface area (Å²) in [6, 6.07) is 10.5. The average Bonchev–Trinajstić information content (AvgIpc) is 3.14. The van der Waals surface area contributed by atoms with Gasteiger partial charge in [-0.05, 0) is 49.7 Å². The Morgan fingerprint density at radius 3 is 2.68 bits per heavy atom. The lowest BCUT2D eigenvalue weighted by Crippen LogP contribution is -2.14. The molecule has 0 N–H and O–H groups in total. The number of hydrogen-bond donors (Lipinski definition) is 0. The van der Waals surface area contributed by atoms with Crippen molar-refractivity contribution in [3.63, 3.8) is 0 Å². The van der Waals surface area contributed by atoms with Crippen molar-refractivity contribution in [1.82, 2.24) is 9.97 Å². The number of ether oxygens (including phenoxy) is 3. The van der Waals surface area contributed by atoms with Crippen LogP contribution in [0, 0.1) is 5.92 Å². The molecule has 1 heterocycles. The smallest absolute Gasteiger partial charge is 0.238 e. The lowest BCUT2D eigenvalue weighted by Gasteiger charge is -2.13. The molecule has 3 aromatic rings. The monoisotopic (exact) mass is 481 g/mol. The van der Waals surface area contributed by atoms with Gasteiger partial charge in [0.05, 0.1) is 42.7 Å². The maximum absolute atomic E-state index is 13.4. The molecule has 2 aromatic carbocycles. The Kier molecular flexibility index (Phi) is 6.98. The number of ketones is 1. The summed E-state index contributed by atoms with van der Waals surface area (Å²) in [6.45, 7) is 1.83. The number of oxime groups is 1. The Hall–Kier alpha value is -3.65. The molecule has 0 radical (unpaired) electrons. The van der Waals surface area contributed by atoms with Crippen LogP contribution in [-0.2, 0) is 14.4 Å². The average molecular weight is 482 g/mol. The summed E-state index contributed by atoms with van der Waals surface area (Å²) < 4.78 is 17.1. The molecular weight excluding hydrogens is 458 g/mol. The van der Waals surface area contributed by atoms with Crippen molar-refractivity contribution in [3.05, 3.63) is 58.9 Å². The van der Waals surface area contributed by atoms with Crippen LogP contribution >= 0.6 is 11.6 Å². The van der Waals surface area contributed by atoms with Crippen LogP contribution in [0.25, 0.3) is 16.6 Å². The third-order valence-electron chi connectivity index (χ3n) is 5.51. The lowest BCUT2D eigenvalue weighted by molar-refractivity contribution is -0.116. The van der Waals surface area contributed by atoms with Gasteiger partial charge in [0.1, 0.15) is 24.4 Å². The molecule has 1 aromatic heterocycles. The third-order valence-corrected chi connectivity index (χ3v) is 5.74. The minimum absolute atomic E-state index is 0.0414. The molecule has 0 amide bonds. The van der Waals surface area contributed by atoms with Crippen molar-refractivity contribution in [3.8, 4) is 17.4 Å². The van der Waals surface area contributed by atoms with Crippen molar-refractivity contribution in [2.45, 2.75) is 19.8 Å². The van der Waals surface area contributed by atoms with Crippen LogP contribution < -0.4 is 9.47 Å². The molecule has 0 bridgehead atoms. The van der Waals surface area contributed by atoms with Gasteiger partial charge >= 0.3 is 0 Å². The number of halogens is 1. The number of rotatable bonds is 8. The van der Waals surface area contributed by atoms with Crippen LogP contribution in [0.15, 0.2) is 53.5 Å². The normalized spacial score (nSPS) is 16.2. The van der Waals surface area contributed by atoms with Crippen molar-refractivity contribution < 1.29 is 23.8 Å². The van der Waals surface area contributed by atoms with E-state index in [0.29, 0.717) is 63.2 Å². The van der Waals surface area contributed by atoms with Gasteiger partial charge in [-0.25, -0.2) is 9.97 Å². The Bertz CT molecular complexity index is 1300. The number of methoxy groups -OCH3 is 2. The van der Waals surface area contributed by atoms with Crippen LogP contribution in [0.3, 0.4) is 0 Å². The molecular formula is C25H24ClN3O5.